The lowest BCUT2D eigenvalue weighted by Crippen LogP contribution is -2.10. The Morgan fingerprint density at radius 3 is 2.37 bits per heavy atom. The van der Waals surface area contributed by atoms with E-state index in [-0.39, 0.29) is 6.04 Å². The van der Waals surface area contributed by atoms with Crippen molar-refractivity contribution in [2.75, 3.05) is 0 Å². The summed E-state index contributed by atoms with van der Waals surface area (Å²) in [7, 11) is 0. The van der Waals surface area contributed by atoms with E-state index in [0.29, 0.717) is 0 Å². The van der Waals surface area contributed by atoms with Crippen LogP contribution in [0.15, 0.2) is 22.7 Å². The predicted octanol–water partition coefficient (Wildman–Crippen LogP) is 6.24. The highest BCUT2D eigenvalue weighted by molar-refractivity contribution is 9.10. The van der Waals surface area contributed by atoms with Crippen molar-refractivity contribution < 1.29 is 0 Å². The minimum absolute atomic E-state index is 0.113. The normalized spacial score (nSPS) is 12.6. The molecule has 0 aromatic heterocycles. The first-order valence-corrected chi connectivity index (χ1v) is 8.52. The summed E-state index contributed by atoms with van der Waals surface area (Å²) in [6.07, 6.45) is 10.3. The van der Waals surface area contributed by atoms with E-state index in [9.17, 15) is 0 Å². The Bertz CT molecular complexity index is 368. The number of benzene rings is 1. The lowest BCUT2D eigenvalue weighted by molar-refractivity contribution is 0.540. The number of rotatable bonds is 9. The van der Waals surface area contributed by atoms with E-state index in [1.165, 1.54) is 44.9 Å². The van der Waals surface area contributed by atoms with Crippen molar-refractivity contribution in [3.63, 3.8) is 0 Å². The Morgan fingerprint density at radius 1 is 1.11 bits per heavy atom. The molecule has 0 saturated carbocycles. The van der Waals surface area contributed by atoms with Crippen LogP contribution in [0.3, 0.4) is 0 Å². The van der Waals surface area contributed by atoms with Crippen LogP contribution in [0.4, 0.5) is 0 Å². The topological polar surface area (TPSA) is 26.0 Å². The largest absolute Gasteiger partial charge is 0.324 e. The number of nitrogens with two attached hydrogens (primary N) is 1. The SMILES string of the molecule is CCCCCCCCCC(N)c1ccc(Cl)cc1Br. The van der Waals surface area contributed by atoms with E-state index in [1.54, 1.807) is 0 Å². The molecule has 0 aliphatic heterocycles. The maximum absolute atomic E-state index is 6.24. The quantitative estimate of drug-likeness (QED) is 0.526. The summed E-state index contributed by atoms with van der Waals surface area (Å²) in [5, 5.41) is 0.749. The summed E-state index contributed by atoms with van der Waals surface area (Å²) in [4.78, 5) is 0. The molecule has 0 spiro atoms. The van der Waals surface area contributed by atoms with Crippen LogP contribution in [0.25, 0.3) is 0 Å². The van der Waals surface area contributed by atoms with Crippen molar-refractivity contribution in [3.05, 3.63) is 33.3 Å². The third kappa shape index (κ3) is 6.78. The molecule has 0 saturated heterocycles. The maximum Gasteiger partial charge on any atom is 0.0417 e. The zero-order valence-corrected chi connectivity index (χ0v) is 14.1. The molecule has 0 bridgehead atoms. The first-order valence-electron chi connectivity index (χ1n) is 7.35. The monoisotopic (exact) mass is 345 g/mol. The molecular weight excluding hydrogens is 322 g/mol. The van der Waals surface area contributed by atoms with Gasteiger partial charge in [0.1, 0.15) is 0 Å². The molecule has 1 atom stereocenters. The van der Waals surface area contributed by atoms with E-state index < -0.39 is 0 Å². The van der Waals surface area contributed by atoms with Gasteiger partial charge in [-0.25, -0.2) is 0 Å². The van der Waals surface area contributed by atoms with Gasteiger partial charge in [0, 0.05) is 15.5 Å². The number of hydrogen-bond acceptors (Lipinski definition) is 1. The van der Waals surface area contributed by atoms with Gasteiger partial charge in [-0.1, -0.05) is 85.5 Å². The van der Waals surface area contributed by atoms with Crippen LogP contribution in [0.1, 0.15) is 69.9 Å². The molecular formula is C16H25BrClN. The number of unbranched alkanes of at least 4 members (excludes halogenated alkanes) is 6. The van der Waals surface area contributed by atoms with E-state index in [0.717, 1.165) is 21.5 Å². The summed E-state index contributed by atoms with van der Waals surface area (Å²) in [5.74, 6) is 0. The molecule has 0 heterocycles. The van der Waals surface area contributed by atoms with Crippen LogP contribution in [0, 0.1) is 0 Å². The van der Waals surface area contributed by atoms with Crippen molar-refractivity contribution >= 4 is 27.5 Å². The van der Waals surface area contributed by atoms with Gasteiger partial charge in [0.25, 0.3) is 0 Å². The molecule has 1 unspecified atom stereocenters. The molecule has 0 amide bonds. The van der Waals surface area contributed by atoms with Crippen LogP contribution in [0.2, 0.25) is 5.02 Å². The van der Waals surface area contributed by atoms with E-state index in [2.05, 4.69) is 22.9 Å². The van der Waals surface area contributed by atoms with E-state index >= 15 is 0 Å². The second-order valence-corrected chi connectivity index (χ2v) is 6.47. The van der Waals surface area contributed by atoms with Gasteiger partial charge in [-0.3, -0.25) is 0 Å². The average Bonchev–Trinajstić information content (AvgIpc) is 2.37. The fourth-order valence-corrected chi connectivity index (χ4v) is 3.26. The third-order valence-corrected chi connectivity index (χ3v) is 4.40. The average molecular weight is 347 g/mol. The Balaban J connectivity index is 2.22. The van der Waals surface area contributed by atoms with Crippen LogP contribution < -0.4 is 5.73 Å². The highest BCUT2D eigenvalue weighted by atomic mass is 79.9. The summed E-state index contributed by atoms with van der Waals surface area (Å²) in [6.45, 7) is 2.25. The fraction of sp³-hybridized carbons (Fsp3) is 0.625. The van der Waals surface area contributed by atoms with Crippen molar-refractivity contribution in [2.24, 2.45) is 5.73 Å². The Labute approximate surface area is 131 Å². The zero-order chi connectivity index (χ0) is 14.1. The van der Waals surface area contributed by atoms with Gasteiger partial charge in [0.2, 0.25) is 0 Å². The Hall–Kier alpha value is -0.0500. The molecule has 1 nitrogen and oxygen atoms in total. The van der Waals surface area contributed by atoms with Crippen LogP contribution in [-0.4, -0.2) is 0 Å². The lowest BCUT2D eigenvalue weighted by Gasteiger charge is -2.14. The van der Waals surface area contributed by atoms with Crippen molar-refractivity contribution in [1.82, 2.24) is 0 Å². The van der Waals surface area contributed by atoms with Gasteiger partial charge in [0.15, 0.2) is 0 Å². The second kappa shape index (κ2) is 9.79. The highest BCUT2D eigenvalue weighted by Crippen LogP contribution is 2.28. The summed E-state index contributed by atoms with van der Waals surface area (Å²) >= 11 is 9.47. The summed E-state index contributed by atoms with van der Waals surface area (Å²) in [6, 6.07) is 5.97. The van der Waals surface area contributed by atoms with Crippen molar-refractivity contribution in [3.8, 4) is 0 Å². The molecule has 1 aromatic carbocycles. The Kier molecular flexibility index (Phi) is 8.76. The minimum Gasteiger partial charge on any atom is -0.324 e. The molecule has 0 fully saturated rings. The third-order valence-electron chi connectivity index (χ3n) is 3.48. The van der Waals surface area contributed by atoms with E-state index in [1.807, 2.05) is 18.2 Å². The van der Waals surface area contributed by atoms with Crippen LogP contribution in [-0.2, 0) is 0 Å². The highest BCUT2D eigenvalue weighted by Gasteiger charge is 2.09. The first kappa shape index (κ1) is 17.0. The second-order valence-electron chi connectivity index (χ2n) is 5.18. The van der Waals surface area contributed by atoms with Gasteiger partial charge >= 0.3 is 0 Å². The maximum atomic E-state index is 6.24. The number of halogens is 2. The van der Waals surface area contributed by atoms with E-state index in [4.69, 9.17) is 17.3 Å². The standard InChI is InChI=1S/C16H25BrClN/c1-2-3-4-5-6-7-8-9-16(19)14-11-10-13(18)12-15(14)17/h10-12,16H,2-9,19H2,1H3. The molecule has 1 aromatic rings. The molecule has 0 aliphatic carbocycles. The van der Waals surface area contributed by atoms with Gasteiger partial charge in [-0.05, 0) is 24.1 Å². The number of hydrogen-bond donors (Lipinski definition) is 1. The molecule has 1 rings (SSSR count). The van der Waals surface area contributed by atoms with Crippen molar-refractivity contribution in [2.45, 2.75) is 64.3 Å². The molecule has 0 aliphatic rings. The molecule has 2 N–H and O–H groups in total. The molecule has 0 radical (unpaired) electrons. The van der Waals surface area contributed by atoms with Gasteiger partial charge in [-0.2, -0.15) is 0 Å². The van der Waals surface area contributed by atoms with Gasteiger partial charge in [0.05, 0.1) is 0 Å². The zero-order valence-electron chi connectivity index (χ0n) is 11.8. The first-order chi connectivity index (χ1) is 9.15. The smallest absolute Gasteiger partial charge is 0.0417 e. The molecule has 108 valence electrons. The summed E-state index contributed by atoms with van der Waals surface area (Å²) in [5.41, 5.74) is 7.40. The van der Waals surface area contributed by atoms with Gasteiger partial charge in [-0.15, -0.1) is 0 Å². The fourth-order valence-electron chi connectivity index (χ4n) is 2.28. The minimum atomic E-state index is 0.113. The predicted molar refractivity (Wildman–Crippen MR) is 88.7 cm³/mol. The Morgan fingerprint density at radius 2 is 1.74 bits per heavy atom. The summed E-state index contributed by atoms with van der Waals surface area (Å²) < 4.78 is 1.02. The lowest BCUT2D eigenvalue weighted by atomic mass is 10.0. The van der Waals surface area contributed by atoms with Crippen LogP contribution >= 0.6 is 27.5 Å². The van der Waals surface area contributed by atoms with Crippen LogP contribution in [0.5, 0.6) is 0 Å². The van der Waals surface area contributed by atoms with Crippen molar-refractivity contribution in [1.29, 1.82) is 0 Å². The molecule has 3 heteroatoms. The molecule has 19 heavy (non-hydrogen) atoms. The van der Waals surface area contributed by atoms with Gasteiger partial charge < -0.3 is 5.73 Å².